The molecular formula is C21H20N6O2. The molecule has 0 saturated carbocycles. The van der Waals surface area contributed by atoms with Gasteiger partial charge in [0.2, 0.25) is 0 Å². The fraction of sp³-hybridized carbons (Fsp3) is 0.238. The molecule has 0 aliphatic carbocycles. The Kier molecular flexibility index (Phi) is 4.13. The molecule has 1 aliphatic heterocycles. The number of H-pyrrole nitrogens is 1. The van der Waals surface area contributed by atoms with Gasteiger partial charge in [0.1, 0.15) is 0 Å². The molecule has 0 atom stereocenters. The summed E-state index contributed by atoms with van der Waals surface area (Å²) in [6.07, 6.45) is 5.28. The zero-order valence-corrected chi connectivity index (χ0v) is 16.2. The molecule has 0 bridgehead atoms. The van der Waals surface area contributed by atoms with Crippen molar-refractivity contribution in [1.29, 1.82) is 0 Å². The summed E-state index contributed by atoms with van der Waals surface area (Å²) >= 11 is 0. The molecule has 5 heterocycles. The highest BCUT2D eigenvalue weighted by molar-refractivity contribution is 6.13. The number of aryl methyl sites for hydroxylation is 1. The second kappa shape index (κ2) is 6.82. The lowest BCUT2D eigenvalue weighted by Gasteiger charge is -2.12. The Bertz CT molecular complexity index is 1230. The van der Waals surface area contributed by atoms with Crippen LogP contribution in [0.15, 0.2) is 41.8 Å². The Hall–Kier alpha value is -3.52. The van der Waals surface area contributed by atoms with Crippen LogP contribution in [0.1, 0.15) is 23.7 Å². The molecule has 4 aromatic heterocycles. The van der Waals surface area contributed by atoms with E-state index in [1.807, 2.05) is 36.7 Å². The molecule has 1 aliphatic rings. The Morgan fingerprint density at radius 3 is 3.03 bits per heavy atom. The fourth-order valence-corrected chi connectivity index (χ4v) is 3.69. The van der Waals surface area contributed by atoms with Gasteiger partial charge in [0.25, 0.3) is 0 Å². The van der Waals surface area contributed by atoms with Crippen LogP contribution in [0.25, 0.3) is 22.2 Å². The normalized spacial score (nSPS) is 14.3. The maximum absolute atomic E-state index is 10.5. The van der Waals surface area contributed by atoms with Crippen molar-refractivity contribution in [3.8, 4) is 17.1 Å². The van der Waals surface area contributed by atoms with E-state index < -0.39 is 0 Å². The third kappa shape index (κ3) is 3.07. The van der Waals surface area contributed by atoms with Crippen LogP contribution in [-0.2, 0) is 17.9 Å². The number of aromatic hydroxyl groups is 1. The number of aromatic amines is 1. The highest BCUT2D eigenvalue weighted by atomic mass is 16.5. The Morgan fingerprint density at radius 2 is 2.21 bits per heavy atom. The van der Waals surface area contributed by atoms with Crippen LogP contribution in [0.4, 0.5) is 5.82 Å². The topological polar surface area (TPSA) is 101 Å². The van der Waals surface area contributed by atoms with E-state index in [1.54, 1.807) is 18.6 Å². The number of ether oxygens (including phenoxy) is 1. The summed E-state index contributed by atoms with van der Waals surface area (Å²) < 4.78 is 7.38. The Morgan fingerprint density at radius 1 is 1.31 bits per heavy atom. The van der Waals surface area contributed by atoms with Crippen molar-refractivity contribution >= 4 is 22.4 Å². The molecule has 29 heavy (non-hydrogen) atoms. The molecular weight excluding hydrogens is 368 g/mol. The summed E-state index contributed by atoms with van der Waals surface area (Å²) in [7, 11) is 0. The van der Waals surface area contributed by atoms with E-state index in [1.165, 1.54) is 0 Å². The third-order valence-corrected chi connectivity index (χ3v) is 5.17. The van der Waals surface area contributed by atoms with Gasteiger partial charge < -0.3 is 14.8 Å². The standard InChI is InChI=1S/C21H20N6O2/c1-12-3-4-22-9-16(12)17-8-15-18(10-23-17)25-21(28)20(15)13(2)24-19-7-14-11-29-6-5-27(14)26-19/h3-4,7-10,25,28H,5-6,11H2,1-2H3. The molecule has 8 heteroatoms. The van der Waals surface area contributed by atoms with Crippen molar-refractivity contribution in [1.82, 2.24) is 24.7 Å². The van der Waals surface area contributed by atoms with E-state index in [0.717, 1.165) is 40.0 Å². The van der Waals surface area contributed by atoms with Gasteiger partial charge in [0.05, 0.1) is 54.1 Å². The van der Waals surface area contributed by atoms with Crippen LogP contribution in [-0.4, -0.2) is 42.2 Å². The van der Waals surface area contributed by atoms with Crippen LogP contribution in [0.5, 0.6) is 5.88 Å². The Balaban J connectivity index is 1.60. The van der Waals surface area contributed by atoms with Crippen molar-refractivity contribution in [3.63, 3.8) is 0 Å². The minimum Gasteiger partial charge on any atom is -0.494 e. The number of nitrogens with one attached hydrogen (secondary N) is 1. The number of aliphatic imine (C=N–C) groups is 1. The van der Waals surface area contributed by atoms with E-state index in [2.05, 4.69) is 25.0 Å². The monoisotopic (exact) mass is 388 g/mol. The molecule has 8 nitrogen and oxygen atoms in total. The van der Waals surface area contributed by atoms with Gasteiger partial charge in [0.15, 0.2) is 11.7 Å². The SMILES string of the molecule is CC(=Nc1cc2n(n1)CCOC2)c1c(O)[nH]c2cnc(-c3cnccc3C)cc12. The van der Waals surface area contributed by atoms with Gasteiger partial charge in [-0.25, -0.2) is 4.99 Å². The first-order chi connectivity index (χ1) is 14.1. The smallest absolute Gasteiger partial charge is 0.198 e. The fourth-order valence-electron chi connectivity index (χ4n) is 3.69. The minimum atomic E-state index is 0.0652. The van der Waals surface area contributed by atoms with Gasteiger partial charge in [-0.3, -0.25) is 14.6 Å². The first-order valence-corrected chi connectivity index (χ1v) is 9.42. The summed E-state index contributed by atoms with van der Waals surface area (Å²) in [6, 6.07) is 5.82. The van der Waals surface area contributed by atoms with Gasteiger partial charge in [-0.2, -0.15) is 5.10 Å². The van der Waals surface area contributed by atoms with Crippen molar-refractivity contribution in [2.24, 2.45) is 4.99 Å². The number of pyridine rings is 2. The summed E-state index contributed by atoms with van der Waals surface area (Å²) in [5.41, 5.74) is 5.91. The zero-order chi connectivity index (χ0) is 20.0. The van der Waals surface area contributed by atoms with Gasteiger partial charge in [-0.1, -0.05) is 0 Å². The van der Waals surface area contributed by atoms with Crippen LogP contribution in [0, 0.1) is 6.92 Å². The Labute approximate surface area is 166 Å². The molecule has 2 N–H and O–H groups in total. The maximum Gasteiger partial charge on any atom is 0.198 e. The lowest BCUT2D eigenvalue weighted by atomic mass is 10.0. The van der Waals surface area contributed by atoms with Crippen molar-refractivity contribution in [2.75, 3.05) is 6.61 Å². The summed E-state index contributed by atoms with van der Waals surface area (Å²) in [6.45, 7) is 5.81. The number of aromatic nitrogens is 5. The van der Waals surface area contributed by atoms with Crippen LogP contribution >= 0.6 is 0 Å². The van der Waals surface area contributed by atoms with Crippen LogP contribution < -0.4 is 0 Å². The van der Waals surface area contributed by atoms with E-state index in [0.29, 0.717) is 30.3 Å². The number of fused-ring (bicyclic) bond motifs is 2. The van der Waals surface area contributed by atoms with Gasteiger partial charge in [-0.05, 0) is 31.5 Å². The molecule has 5 rings (SSSR count). The predicted molar refractivity (Wildman–Crippen MR) is 109 cm³/mol. The van der Waals surface area contributed by atoms with E-state index >= 15 is 0 Å². The van der Waals surface area contributed by atoms with Crippen molar-refractivity contribution < 1.29 is 9.84 Å². The molecule has 0 amide bonds. The quantitative estimate of drug-likeness (QED) is 0.523. The van der Waals surface area contributed by atoms with Gasteiger partial charge in [0, 0.05) is 29.4 Å². The largest absolute Gasteiger partial charge is 0.494 e. The third-order valence-electron chi connectivity index (χ3n) is 5.17. The summed E-state index contributed by atoms with van der Waals surface area (Å²) in [5.74, 6) is 0.671. The van der Waals surface area contributed by atoms with Crippen molar-refractivity contribution in [3.05, 3.63) is 53.6 Å². The molecule has 146 valence electrons. The zero-order valence-electron chi connectivity index (χ0n) is 16.2. The first-order valence-electron chi connectivity index (χ1n) is 9.42. The second-order valence-electron chi connectivity index (χ2n) is 7.12. The van der Waals surface area contributed by atoms with Gasteiger partial charge >= 0.3 is 0 Å². The maximum atomic E-state index is 10.5. The van der Waals surface area contributed by atoms with Crippen LogP contribution in [0.2, 0.25) is 0 Å². The molecule has 0 aromatic carbocycles. The predicted octanol–water partition coefficient (Wildman–Crippen LogP) is 3.51. The number of hydrogen-bond donors (Lipinski definition) is 2. The lowest BCUT2D eigenvalue weighted by Crippen LogP contribution is -2.16. The average molecular weight is 388 g/mol. The molecule has 0 fully saturated rings. The van der Waals surface area contributed by atoms with E-state index in [9.17, 15) is 5.11 Å². The highest BCUT2D eigenvalue weighted by Crippen LogP contribution is 2.32. The van der Waals surface area contributed by atoms with Crippen LogP contribution in [0.3, 0.4) is 0 Å². The number of nitrogens with zero attached hydrogens (tertiary/aromatic N) is 5. The highest BCUT2D eigenvalue weighted by Gasteiger charge is 2.17. The first kappa shape index (κ1) is 17.6. The second-order valence-corrected chi connectivity index (χ2v) is 7.12. The summed E-state index contributed by atoms with van der Waals surface area (Å²) in [5, 5.41) is 15.9. The lowest BCUT2D eigenvalue weighted by molar-refractivity contribution is 0.0801. The summed E-state index contributed by atoms with van der Waals surface area (Å²) in [4.78, 5) is 16.4. The van der Waals surface area contributed by atoms with E-state index in [-0.39, 0.29) is 5.88 Å². The van der Waals surface area contributed by atoms with Crippen molar-refractivity contribution in [2.45, 2.75) is 27.0 Å². The average Bonchev–Trinajstić information content (AvgIpc) is 3.26. The van der Waals surface area contributed by atoms with E-state index in [4.69, 9.17) is 4.74 Å². The molecule has 0 unspecified atom stereocenters. The number of rotatable bonds is 3. The molecule has 0 spiro atoms. The van der Waals surface area contributed by atoms with Gasteiger partial charge in [-0.15, -0.1) is 0 Å². The molecule has 4 aromatic rings. The molecule has 0 saturated heterocycles. The minimum absolute atomic E-state index is 0.0652. The number of hydrogen-bond acceptors (Lipinski definition) is 6. The molecule has 0 radical (unpaired) electrons.